The van der Waals surface area contributed by atoms with E-state index in [2.05, 4.69) is 43.4 Å². The predicted octanol–water partition coefficient (Wildman–Crippen LogP) is 5.03. The van der Waals surface area contributed by atoms with E-state index in [1.165, 1.54) is 32.1 Å². The Balaban J connectivity index is 1.28. The summed E-state index contributed by atoms with van der Waals surface area (Å²) in [6.07, 6.45) is 17.6. The number of halogens is 1. The Kier molecular flexibility index (Phi) is 18.6. The molecule has 1 aromatic heterocycles. The molecule has 0 radical (unpaired) electrons. The van der Waals surface area contributed by atoms with E-state index in [4.69, 9.17) is 9.84 Å². The van der Waals surface area contributed by atoms with Crippen molar-refractivity contribution in [2.75, 3.05) is 13.2 Å². The monoisotopic (exact) mass is 877 g/mol. The molecule has 15 heteroatoms. The molecule has 5 amide bonds. The standard InChI is InChI=1S/C48H69FN6O8/c49-38-10-5-4-9-36(38)29-42-48(62)53-40(45(59)51-24-6-11-44(57)58)27-33-14-19-37(20-15-33)63-30-43(56)52-39(21-16-31-22-25-50-26-23-31)46(60)54-41(47(61)55-42)28-32-12-17-35(18-13-32)34-7-2-1-3-8-34/h22-23,25-26,32-42H,1-15,17-20,24,27-30H2,(H,51,59)(H,52,56)(H,53,62)(H,54,60)(H,55,61)(H,57,58). The smallest absolute Gasteiger partial charge is 0.303 e. The number of hydrogen-bond donors (Lipinski definition) is 6. The average Bonchev–Trinajstić information content (AvgIpc) is 3.29. The first-order chi connectivity index (χ1) is 30.5. The Hall–Kier alpha value is -4.58. The van der Waals surface area contributed by atoms with Gasteiger partial charge in [0.2, 0.25) is 23.6 Å². The fourth-order valence-electron chi connectivity index (χ4n) is 10.7. The van der Waals surface area contributed by atoms with Gasteiger partial charge < -0.3 is 36.4 Å². The van der Waals surface area contributed by atoms with E-state index in [9.17, 15) is 28.8 Å². The molecule has 63 heavy (non-hydrogen) atoms. The summed E-state index contributed by atoms with van der Waals surface area (Å²) in [5.41, 5.74) is 0.578. The summed E-state index contributed by atoms with van der Waals surface area (Å²) in [5.74, 6) is 2.94. The highest BCUT2D eigenvalue weighted by Gasteiger charge is 2.38. The number of carboxylic acids is 1. The first kappa shape index (κ1) is 47.9. The van der Waals surface area contributed by atoms with Gasteiger partial charge in [-0.3, -0.25) is 33.8 Å². The third-order valence-corrected chi connectivity index (χ3v) is 14.3. The Morgan fingerprint density at radius 2 is 1.41 bits per heavy atom. The number of pyridine rings is 1. The van der Waals surface area contributed by atoms with Crippen molar-refractivity contribution in [1.82, 2.24) is 31.6 Å². The quantitative estimate of drug-likeness (QED) is 0.106. The van der Waals surface area contributed by atoms with Crippen molar-refractivity contribution in [2.45, 2.75) is 178 Å². The topological polar surface area (TPSA) is 205 Å². The second-order valence-corrected chi connectivity index (χ2v) is 18.9. The van der Waals surface area contributed by atoms with Gasteiger partial charge in [0.05, 0.1) is 6.10 Å². The van der Waals surface area contributed by atoms with E-state index in [0.29, 0.717) is 62.8 Å². The van der Waals surface area contributed by atoms with Crippen LogP contribution in [0.3, 0.4) is 0 Å². The molecule has 4 saturated carbocycles. The summed E-state index contributed by atoms with van der Waals surface area (Å²) >= 11 is 0. The number of amides is 5. The van der Waals surface area contributed by atoms with Crippen molar-refractivity contribution in [3.63, 3.8) is 0 Å². The van der Waals surface area contributed by atoms with Gasteiger partial charge in [0.1, 0.15) is 30.9 Å². The van der Waals surface area contributed by atoms with Crippen LogP contribution in [0.1, 0.15) is 147 Å². The number of nitrogens with zero attached hydrogens (tertiary/aromatic N) is 1. The number of ether oxygens (including phenoxy) is 1. The predicted molar refractivity (Wildman–Crippen MR) is 233 cm³/mol. The maximum absolute atomic E-state index is 15.5. The van der Waals surface area contributed by atoms with Crippen molar-refractivity contribution in [3.05, 3.63) is 30.1 Å². The minimum Gasteiger partial charge on any atom is -0.481 e. The largest absolute Gasteiger partial charge is 0.481 e. The van der Waals surface area contributed by atoms with E-state index in [1.54, 1.807) is 24.5 Å². The zero-order chi connectivity index (χ0) is 44.6. The van der Waals surface area contributed by atoms with Crippen molar-refractivity contribution < 1.29 is 43.0 Å². The van der Waals surface area contributed by atoms with Crippen molar-refractivity contribution in [3.8, 4) is 11.8 Å². The molecule has 14 nitrogen and oxygen atoms in total. The molecule has 2 aliphatic heterocycles. The van der Waals surface area contributed by atoms with Gasteiger partial charge in [-0.15, -0.1) is 0 Å². The Labute approximate surface area is 371 Å². The lowest BCUT2D eigenvalue weighted by molar-refractivity contribution is -0.137. The third kappa shape index (κ3) is 15.3. The fraction of sp³-hybridized carbons (Fsp3) is 0.729. The van der Waals surface area contributed by atoms with E-state index >= 15 is 4.39 Å². The van der Waals surface area contributed by atoms with Gasteiger partial charge in [-0.05, 0) is 119 Å². The van der Waals surface area contributed by atoms with Crippen LogP contribution in [0.15, 0.2) is 24.5 Å². The van der Waals surface area contributed by atoms with E-state index in [-0.39, 0.29) is 50.4 Å². The number of rotatable bonds is 10. The molecule has 4 aliphatic carbocycles. The second-order valence-electron chi connectivity index (χ2n) is 18.9. The molecule has 2 saturated heterocycles. The Bertz CT molecular complexity index is 1750. The SMILES string of the molecule is O=C(O)CCCNC(=O)C1CC2CCC(CC2)OCC(=O)NC(C#Cc2ccncc2)C(=O)NC(CC2CCC(C3CCCCC3)CC2)C(=O)NC(CC2CCCCC2F)C(=O)N1. The molecule has 2 bridgehead atoms. The summed E-state index contributed by atoms with van der Waals surface area (Å²) in [7, 11) is 0. The summed E-state index contributed by atoms with van der Waals surface area (Å²) in [6, 6.07) is -1.30. The minimum absolute atomic E-state index is 0.0113. The number of fused-ring (bicyclic) bond motifs is 16. The van der Waals surface area contributed by atoms with Crippen LogP contribution in [-0.2, 0) is 33.5 Å². The number of aromatic nitrogens is 1. The van der Waals surface area contributed by atoms with Crippen molar-refractivity contribution in [2.24, 2.45) is 29.6 Å². The van der Waals surface area contributed by atoms with Gasteiger partial charge in [-0.1, -0.05) is 69.6 Å². The van der Waals surface area contributed by atoms with Crippen LogP contribution in [0.25, 0.3) is 0 Å². The van der Waals surface area contributed by atoms with Gasteiger partial charge in [-0.25, -0.2) is 4.39 Å². The first-order valence-electron chi connectivity index (χ1n) is 23.9. The van der Waals surface area contributed by atoms with Crippen molar-refractivity contribution >= 4 is 35.5 Å². The number of aliphatic carboxylic acids is 1. The average molecular weight is 877 g/mol. The molecule has 7 rings (SSSR count). The molecule has 0 aromatic carbocycles. The van der Waals surface area contributed by atoms with Crippen LogP contribution in [0.4, 0.5) is 4.39 Å². The van der Waals surface area contributed by atoms with Gasteiger partial charge in [-0.2, -0.15) is 0 Å². The molecular weight excluding hydrogens is 808 g/mol. The van der Waals surface area contributed by atoms with Gasteiger partial charge in [0.15, 0.2) is 6.04 Å². The van der Waals surface area contributed by atoms with E-state index in [0.717, 1.165) is 44.4 Å². The number of alkyl halides is 1. The first-order valence-corrected chi connectivity index (χ1v) is 23.9. The highest BCUT2D eigenvalue weighted by Crippen LogP contribution is 2.41. The van der Waals surface area contributed by atoms with Crippen LogP contribution >= 0.6 is 0 Å². The Morgan fingerprint density at radius 3 is 2.13 bits per heavy atom. The number of nitrogens with one attached hydrogen (secondary N) is 5. The number of carboxylic acid groups (broad SMARTS) is 1. The Morgan fingerprint density at radius 1 is 0.762 bits per heavy atom. The molecule has 6 aliphatic rings. The van der Waals surface area contributed by atoms with Crippen molar-refractivity contribution in [1.29, 1.82) is 0 Å². The van der Waals surface area contributed by atoms with Crippen LogP contribution < -0.4 is 26.6 Å². The molecule has 6 unspecified atom stereocenters. The van der Waals surface area contributed by atoms with E-state index < -0.39 is 71.8 Å². The lowest BCUT2D eigenvalue weighted by atomic mass is 9.70. The maximum Gasteiger partial charge on any atom is 0.303 e. The van der Waals surface area contributed by atoms with Crippen LogP contribution in [0.5, 0.6) is 0 Å². The van der Waals surface area contributed by atoms with Gasteiger partial charge >= 0.3 is 5.97 Å². The molecule has 6 N–H and O–H groups in total. The summed E-state index contributed by atoms with van der Waals surface area (Å²) in [5, 5.41) is 23.4. The van der Waals surface area contributed by atoms with Crippen LogP contribution in [0.2, 0.25) is 0 Å². The zero-order valence-corrected chi connectivity index (χ0v) is 36.8. The molecular formula is C48H69FN6O8. The maximum atomic E-state index is 15.5. The normalized spacial score (nSPS) is 31.9. The lowest BCUT2D eigenvalue weighted by Crippen LogP contribution is -2.59. The second kappa shape index (κ2) is 24.5. The number of hydrogen-bond acceptors (Lipinski definition) is 8. The van der Waals surface area contributed by atoms with E-state index in [1.807, 2.05) is 0 Å². The third-order valence-electron chi connectivity index (χ3n) is 14.3. The minimum atomic E-state index is -1.34. The molecule has 6 atom stereocenters. The highest BCUT2D eigenvalue weighted by molar-refractivity contribution is 5.96. The van der Waals surface area contributed by atoms with Gasteiger partial charge in [0.25, 0.3) is 5.91 Å². The molecule has 6 fully saturated rings. The van der Waals surface area contributed by atoms with Crippen LogP contribution in [-0.4, -0.2) is 95.2 Å². The molecule has 346 valence electrons. The van der Waals surface area contributed by atoms with Crippen LogP contribution in [0, 0.1) is 41.4 Å². The number of carbonyl (C=O) groups excluding carboxylic acids is 5. The summed E-state index contributed by atoms with van der Waals surface area (Å²) in [6.45, 7) is -0.205. The number of carbonyl (C=O) groups is 6. The molecule has 3 heterocycles. The highest BCUT2D eigenvalue weighted by atomic mass is 19.1. The summed E-state index contributed by atoms with van der Waals surface area (Å²) in [4.78, 5) is 85.8. The lowest BCUT2D eigenvalue weighted by Gasteiger charge is -2.37. The molecule has 1 aromatic rings. The van der Waals surface area contributed by atoms with Gasteiger partial charge in [0, 0.05) is 30.9 Å². The summed E-state index contributed by atoms with van der Waals surface area (Å²) < 4.78 is 21.5. The molecule has 0 spiro atoms. The fourth-order valence-corrected chi connectivity index (χ4v) is 10.7. The zero-order valence-electron chi connectivity index (χ0n) is 36.8.